The molecule has 0 saturated carbocycles. The Morgan fingerprint density at radius 2 is 1.45 bits per heavy atom. The molecule has 0 bridgehead atoms. The summed E-state index contributed by atoms with van der Waals surface area (Å²) in [5.41, 5.74) is -0.0757. The number of ether oxygens (including phenoxy) is 1. The molecule has 0 rings (SSSR count). The molecule has 0 saturated heterocycles. The van der Waals surface area contributed by atoms with E-state index in [1.165, 1.54) is 0 Å². The first-order chi connectivity index (χ1) is 9.22. The zero-order valence-corrected chi connectivity index (χ0v) is 14.1. The van der Waals surface area contributed by atoms with Gasteiger partial charge < -0.3 is 9.84 Å². The third kappa shape index (κ3) is 10.4. The number of rotatable bonds is 12. The van der Waals surface area contributed by atoms with E-state index < -0.39 is 0 Å². The van der Waals surface area contributed by atoms with Crippen LogP contribution >= 0.6 is 0 Å². The SMILES string of the molecule is COC(C)(C)CCCCC(=O)CCCCC(C)(C)CO. The highest BCUT2D eigenvalue weighted by atomic mass is 16.5. The van der Waals surface area contributed by atoms with Gasteiger partial charge in [-0.3, -0.25) is 4.79 Å². The molecule has 0 amide bonds. The lowest BCUT2D eigenvalue weighted by Crippen LogP contribution is -2.21. The lowest BCUT2D eigenvalue weighted by molar-refractivity contribution is -0.119. The van der Waals surface area contributed by atoms with E-state index in [9.17, 15) is 4.79 Å². The summed E-state index contributed by atoms with van der Waals surface area (Å²) in [4.78, 5) is 11.8. The van der Waals surface area contributed by atoms with Gasteiger partial charge in [0.15, 0.2) is 0 Å². The fraction of sp³-hybridized carbons (Fsp3) is 0.941. The number of unbranched alkanes of at least 4 members (excludes halogenated alkanes) is 2. The van der Waals surface area contributed by atoms with Crippen LogP contribution in [0.1, 0.15) is 79.1 Å². The molecule has 3 nitrogen and oxygen atoms in total. The smallest absolute Gasteiger partial charge is 0.132 e. The second-order valence-electron chi connectivity index (χ2n) is 7.24. The summed E-state index contributed by atoms with van der Waals surface area (Å²) in [7, 11) is 1.74. The summed E-state index contributed by atoms with van der Waals surface area (Å²) in [5, 5.41) is 9.15. The molecule has 0 fully saturated rings. The number of methoxy groups -OCH3 is 1. The fourth-order valence-corrected chi connectivity index (χ4v) is 2.10. The predicted molar refractivity (Wildman–Crippen MR) is 83.9 cm³/mol. The molecular weight excluding hydrogens is 252 g/mol. The number of hydrogen-bond acceptors (Lipinski definition) is 3. The molecule has 0 aromatic carbocycles. The molecule has 0 aliphatic heterocycles. The van der Waals surface area contributed by atoms with Crippen molar-refractivity contribution in [2.45, 2.75) is 84.7 Å². The topological polar surface area (TPSA) is 46.5 Å². The summed E-state index contributed by atoms with van der Waals surface area (Å²) < 4.78 is 5.36. The number of ketones is 1. The van der Waals surface area contributed by atoms with Gasteiger partial charge in [-0.1, -0.05) is 26.7 Å². The summed E-state index contributed by atoms with van der Waals surface area (Å²) in [6.45, 7) is 8.50. The van der Waals surface area contributed by atoms with E-state index in [1.807, 2.05) is 0 Å². The number of hydrogen-bond donors (Lipinski definition) is 1. The van der Waals surface area contributed by atoms with Gasteiger partial charge in [0, 0.05) is 26.6 Å². The van der Waals surface area contributed by atoms with Crippen molar-refractivity contribution in [3.05, 3.63) is 0 Å². The molecular formula is C17H34O3. The molecule has 0 atom stereocenters. The van der Waals surface area contributed by atoms with Crippen molar-refractivity contribution in [3.8, 4) is 0 Å². The third-order valence-electron chi connectivity index (χ3n) is 4.02. The predicted octanol–water partition coefficient (Wildman–Crippen LogP) is 4.12. The quantitative estimate of drug-likeness (QED) is 0.549. The van der Waals surface area contributed by atoms with Crippen LogP contribution in [-0.2, 0) is 9.53 Å². The normalized spacial score (nSPS) is 12.7. The Morgan fingerprint density at radius 1 is 0.950 bits per heavy atom. The van der Waals surface area contributed by atoms with E-state index in [2.05, 4.69) is 27.7 Å². The van der Waals surface area contributed by atoms with E-state index in [-0.39, 0.29) is 17.6 Å². The Bertz CT molecular complexity index is 243. The van der Waals surface area contributed by atoms with E-state index in [1.54, 1.807) is 7.11 Å². The van der Waals surface area contributed by atoms with E-state index in [0.29, 0.717) is 18.6 Å². The second kappa shape index (κ2) is 9.51. The van der Waals surface area contributed by atoms with Crippen molar-refractivity contribution >= 4 is 5.78 Å². The summed E-state index contributed by atoms with van der Waals surface area (Å²) in [5.74, 6) is 0.377. The maximum atomic E-state index is 11.8. The molecule has 120 valence electrons. The van der Waals surface area contributed by atoms with Gasteiger partial charge in [0.25, 0.3) is 0 Å². The molecule has 0 unspecified atom stereocenters. The van der Waals surface area contributed by atoms with Gasteiger partial charge in [0.1, 0.15) is 5.78 Å². The minimum absolute atomic E-state index is 0.00518. The van der Waals surface area contributed by atoms with Crippen LogP contribution < -0.4 is 0 Å². The van der Waals surface area contributed by atoms with Gasteiger partial charge in [-0.15, -0.1) is 0 Å². The highest BCUT2D eigenvalue weighted by Gasteiger charge is 2.16. The molecule has 0 spiro atoms. The molecule has 0 aliphatic carbocycles. The highest BCUT2D eigenvalue weighted by Crippen LogP contribution is 2.23. The maximum absolute atomic E-state index is 11.8. The monoisotopic (exact) mass is 286 g/mol. The summed E-state index contributed by atoms with van der Waals surface area (Å²) >= 11 is 0. The lowest BCUT2D eigenvalue weighted by Gasteiger charge is -2.22. The molecule has 3 heteroatoms. The van der Waals surface area contributed by atoms with Gasteiger partial charge >= 0.3 is 0 Å². The number of aliphatic hydroxyl groups is 1. The van der Waals surface area contributed by atoms with Gasteiger partial charge in [-0.2, -0.15) is 0 Å². The lowest BCUT2D eigenvalue weighted by atomic mass is 9.88. The van der Waals surface area contributed by atoms with Crippen LogP contribution in [0.15, 0.2) is 0 Å². The van der Waals surface area contributed by atoms with E-state index in [4.69, 9.17) is 9.84 Å². The number of carbonyl (C=O) groups is 1. The van der Waals surface area contributed by atoms with Crippen molar-refractivity contribution in [2.75, 3.05) is 13.7 Å². The molecule has 1 N–H and O–H groups in total. The van der Waals surface area contributed by atoms with Crippen LogP contribution in [0.25, 0.3) is 0 Å². The van der Waals surface area contributed by atoms with Crippen LogP contribution in [0.5, 0.6) is 0 Å². The third-order valence-corrected chi connectivity index (χ3v) is 4.02. The first kappa shape index (κ1) is 19.6. The molecule has 0 aromatic heterocycles. The van der Waals surface area contributed by atoms with Crippen LogP contribution in [0.3, 0.4) is 0 Å². The number of carbonyl (C=O) groups excluding carboxylic acids is 1. The molecule has 0 aliphatic rings. The van der Waals surface area contributed by atoms with Gasteiger partial charge in [-0.05, 0) is 44.9 Å². The van der Waals surface area contributed by atoms with Crippen molar-refractivity contribution in [3.63, 3.8) is 0 Å². The standard InChI is InChI=1S/C17H34O3/c1-16(2,14-18)12-8-6-10-15(19)11-7-9-13-17(3,4)20-5/h18H,6-14H2,1-5H3. The first-order valence-electron chi connectivity index (χ1n) is 7.90. The Labute approximate surface area is 125 Å². The molecule has 0 radical (unpaired) electrons. The van der Waals surface area contributed by atoms with Crippen LogP contribution in [0.2, 0.25) is 0 Å². The largest absolute Gasteiger partial charge is 0.396 e. The van der Waals surface area contributed by atoms with Crippen molar-refractivity contribution in [1.82, 2.24) is 0 Å². The van der Waals surface area contributed by atoms with Crippen molar-refractivity contribution in [1.29, 1.82) is 0 Å². The van der Waals surface area contributed by atoms with Crippen molar-refractivity contribution in [2.24, 2.45) is 5.41 Å². The second-order valence-corrected chi connectivity index (χ2v) is 7.24. The average Bonchev–Trinajstić information content (AvgIpc) is 2.40. The summed E-state index contributed by atoms with van der Waals surface area (Å²) in [6, 6.07) is 0. The zero-order chi connectivity index (χ0) is 15.6. The fourth-order valence-electron chi connectivity index (χ4n) is 2.10. The first-order valence-corrected chi connectivity index (χ1v) is 7.90. The Balaban J connectivity index is 3.56. The average molecular weight is 286 g/mol. The van der Waals surface area contributed by atoms with Crippen molar-refractivity contribution < 1.29 is 14.6 Å². The van der Waals surface area contributed by atoms with E-state index >= 15 is 0 Å². The molecule has 0 aromatic rings. The van der Waals surface area contributed by atoms with Gasteiger partial charge in [0.05, 0.1) is 5.60 Å². The highest BCUT2D eigenvalue weighted by molar-refractivity contribution is 5.78. The van der Waals surface area contributed by atoms with E-state index in [0.717, 1.165) is 38.5 Å². The maximum Gasteiger partial charge on any atom is 0.132 e. The Morgan fingerprint density at radius 3 is 1.90 bits per heavy atom. The number of aliphatic hydroxyl groups excluding tert-OH is 1. The Hall–Kier alpha value is -0.410. The zero-order valence-electron chi connectivity index (χ0n) is 14.1. The van der Waals surface area contributed by atoms with Crippen LogP contribution in [-0.4, -0.2) is 30.2 Å². The Kier molecular flexibility index (Phi) is 9.32. The van der Waals surface area contributed by atoms with Gasteiger partial charge in [-0.25, -0.2) is 0 Å². The van der Waals surface area contributed by atoms with Crippen LogP contribution in [0.4, 0.5) is 0 Å². The molecule has 0 heterocycles. The van der Waals surface area contributed by atoms with Crippen LogP contribution in [0, 0.1) is 5.41 Å². The molecule has 20 heavy (non-hydrogen) atoms. The van der Waals surface area contributed by atoms with Gasteiger partial charge in [0.2, 0.25) is 0 Å². The minimum atomic E-state index is -0.0705. The minimum Gasteiger partial charge on any atom is -0.396 e. The summed E-state index contributed by atoms with van der Waals surface area (Å²) in [6.07, 6.45) is 7.36. The number of Topliss-reactive ketones (excluding diaryl/α,β-unsaturated/α-hetero) is 1.